The molecule has 5 heteroatoms. The van der Waals surface area contributed by atoms with Crippen LogP contribution < -0.4 is 5.32 Å². The van der Waals surface area contributed by atoms with Gasteiger partial charge in [0.15, 0.2) is 0 Å². The number of fused-ring (bicyclic) bond motifs is 1. The molecule has 0 saturated heterocycles. The summed E-state index contributed by atoms with van der Waals surface area (Å²) in [5.41, 5.74) is 1.17. The second-order valence-electron chi connectivity index (χ2n) is 2.94. The molecule has 0 aliphatic rings. The minimum Gasteiger partial charge on any atom is -0.345 e. The quantitative estimate of drug-likeness (QED) is 0.704. The number of amides is 1. The van der Waals surface area contributed by atoms with Crippen LogP contribution in [0, 0.1) is 11.3 Å². The summed E-state index contributed by atoms with van der Waals surface area (Å²) in [4.78, 5) is 18.5. The van der Waals surface area contributed by atoms with Crippen molar-refractivity contribution in [3.05, 3.63) is 30.1 Å². The zero-order valence-corrected chi connectivity index (χ0v) is 7.82. The average molecular weight is 200 g/mol. The summed E-state index contributed by atoms with van der Waals surface area (Å²) in [7, 11) is 0. The lowest BCUT2D eigenvalue weighted by molar-refractivity contribution is 0.0960. The first kappa shape index (κ1) is 9.21. The van der Waals surface area contributed by atoms with Crippen LogP contribution in [0.3, 0.4) is 0 Å². The highest BCUT2D eigenvalue weighted by atomic mass is 16.1. The molecule has 0 saturated carbocycles. The third kappa shape index (κ3) is 1.65. The maximum absolute atomic E-state index is 11.6. The van der Waals surface area contributed by atoms with Gasteiger partial charge in [0.25, 0.3) is 5.91 Å². The molecule has 5 nitrogen and oxygen atoms in total. The van der Waals surface area contributed by atoms with E-state index in [-0.39, 0.29) is 12.5 Å². The van der Waals surface area contributed by atoms with Crippen molar-refractivity contribution in [1.82, 2.24) is 15.3 Å². The highest BCUT2D eigenvalue weighted by molar-refractivity contribution is 6.05. The van der Waals surface area contributed by atoms with E-state index in [0.717, 1.165) is 5.39 Å². The molecule has 0 unspecified atom stereocenters. The fourth-order valence-electron chi connectivity index (χ4n) is 1.36. The molecule has 0 fully saturated rings. The van der Waals surface area contributed by atoms with Gasteiger partial charge in [0, 0.05) is 17.8 Å². The Hall–Kier alpha value is -2.35. The predicted octanol–water partition coefficient (Wildman–Crippen LogP) is 0.816. The number of carbonyl (C=O) groups excluding carboxylic acids is 1. The number of hydrogen-bond acceptors (Lipinski definition) is 3. The summed E-state index contributed by atoms with van der Waals surface area (Å²) in [5, 5.41) is 11.6. The van der Waals surface area contributed by atoms with Crippen molar-refractivity contribution in [1.29, 1.82) is 5.26 Å². The summed E-state index contributed by atoms with van der Waals surface area (Å²) in [5.74, 6) is -0.268. The molecule has 0 bridgehead atoms. The van der Waals surface area contributed by atoms with Gasteiger partial charge in [-0.2, -0.15) is 5.26 Å². The Bertz CT molecular complexity index is 538. The third-order valence-electron chi connectivity index (χ3n) is 2.02. The summed E-state index contributed by atoms with van der Waals surface area (Å²) in [6, 6.07) is 5.42. The smallest absolute Gasteiger partial charge is 0.254 e. The van der Waals surface area contributed by atoms with Gasteiger partial charge in [-0.15, -0.1) is 0 Å². The van der Waals surface area contributed by atoms with Crippen molar-refractivity contribution in [2.45, 2.75) is 0 Å². The summed E-state index contributed by atoms with van der Waals surface area (Å²) < 4.78 is 0. The number of nitrogens with one attached hydrogen (secondary N) is 2. The Morgan fingerprint density at radius 2 is 2.53 bits per heavy atom. The minimum absolute atomic E-state index is 0.00572. The first-order chi connectivity index (χ1) is 7.33. The number of H-pyrrole nitrogens is 1. The van der Waals surface area contributed by atoms with Crippen LogP contribution in [0.2, 0.25) is 0 Å². The Morgan fingerprint density at radius 1 is 1.67 bits per heavy atom. The van der Waals surface area contributed by atoms with Crippen LogP contribution in [0.1, 0.15) is 10.4 Å². The molecular weight excluding hydrogens is 192 g/mol. The van der Waals surface area contributed by atoms with E-state index in [2.05, 4.69) is 15.3 Å². The molecule has 74 valence electrons. The van der Waals surface area contributed by atoms with E-state index in [0.29, 0.717) is 11.2 Å². The molecule has 15 heavy (non-hydrogen) atoms. The zero-order valence-electron chi connectivity index (χ0n) is 7.82. The number of carbonyl (C=O) groups is 1. The first-order valence-electron chi connectivity index (χ1n) is 4.40. The number of hydrogen-bond donors (Lipinski definition) is 2. The Morgan fingerprint density at radius 3 is 3.33 bits per heavy atom. The van der Waals surface area contributed by atoms with Gasteiger partial charge >= 0.3 is 0 Å². The minimum atomic E-state index is -0.268. The van der Waals surface area contributed by atoms with Gasteiger partial charge in [0.2, 0.25) is 0 Å². The molecule has 2 heterocycles. The van der Waals surface area contributed by atoms with Crippen molar-refractivity contribution in [3.63, 3.8) is 0 Å². The van der Waals surface area contributed by atoms with Gasteiger partial charge in [0.05, 0.1) is 11.6 Å². The van der Waals surface area contributed by atoms with Crippen LogP contribution in [-0.2, 0) is 0 Å². The molecule has 0 aliphatic carbocycles. The lowest BCUT2D eigenvalue weighted by atomic mass is 10.2. The van der Waals surface area contributed by atoms with Crippen LogP contribution in [-0.4, -0.2) is 22.4 Å². The maximum atomic E-state index is 11.6. The van der Waals surface area contributed by atoms with E-state index in [1.807, 2.05) is 6.07 Å². The van der Waals surface area contributed by atoms with Crippen molar-refractivity contribution in [2.24, 2.45) is 0 Å². The Balaban J connectivity index is 2.36. The number of rotatable bonds is 2. The Labute approximate surface area is 85.7 Å². The standard InChI is InChI=1S/C10H8N4O/c11-3-5-13-10(15)8-6-14-9-7(8)2-1-4-12-9/h1-2,4,6H,5H2,(H,12,14)(H,13,15). The molecule has 0 spiro atoms. The van der Waals surface area contributed by atoms with E-state index in [4.69, 9.17) is 5.26 Å². The summed E-state index contributed by atoms with van der Waals surface area (Å²) in [6.07, 6.45) is 3.24. The molecule has 2 rings (SSSR count). The van der Waals surface area contributed by atoms with Gasteiger partial charge in [-0.1, -0.05) is 0 Å². The molecule has 1 amide bonds. The first-order valence-corrected chi connectivity index (χ1v) is 4.40. The van der Waals surface area contributed by atoms with Crippen LogP contribution >= 0.6 is 0 Å². The van der Waals surface area contributed by atoms with E-state index >= 15 is 0 Å². The van der Waals surface area contributed by atoms with Crippen molar-refractivity contribution in [2.75, 3.05) is 6.54 Å². The second-order valence-corrected chi connectivity index (χ2v) is 2.94. The SMILES string of the molecule is N#CCNC(=O)c1c[nH]c2ncccc12. The van der Waals surface area contributed by atoms with Gasteiger partial charge in [-0.05, 0) is 12.1 Å². The van der Waals surface area contributed by atoms with Gasteiger partial charge in [-0.25, -0.2) is 4.98 Å². The zero-order chi connectivity index (χ0) is 10.7. The van der Waals surface area contributed by atoms with E-state index in [1.165, 1.54) is 0 Å². The molecule has 2 aromatic rings. The summed E-state index contributed by atoms with van der Waals surface area (Å²) in [6.45, 7) is 0.00572. The molecule has 0 radical (unpaired) electrons. The number of nitrogens with zero attached hydrogens (tertiary/aromatic N) is 2. The van der Waals surface area contributed by atoms with Crippen LogP contribution in [0.4, 0.5) is 0 Å². The largest absolute Gasteiger partial charge is 0.345 e. The van der Waals surface area contributed by atoms with E-state index < -0.39 is 0 Å². The number of aromatic amines is 1. The van der Waals surface area contributed by atoms with E-state index in [1.54, 1.807) is 24.5 Å². The lowest BCUT2D eigenvalue weighted by Crippen LogP contribution is -2.23. The van der Waals surface area contributed by atoms with Gasteiger partial charge < -0.3 is 10.3 Å². The Kier molecular flexibility index (Phi) is 2.33. The molecule has 2 N–H and O–H groups in total. The monoisotopic (exact) mass is 200 g/mol. The molecule has 0 aliphatic heterocycles. The number of nitriles is 1. The predicted molar refractivity (Wildman–Crippen MR) is 54.0 cm³/mol. The van der Waals surface area contributed by atoms with Crippen molar-refractivity contribution < 1.29 is 4.79 Å². The van der Waals surface area contributed by atoms with Crippen LogP contribution in [0.5, 0.6) is 0 Å². The average Bonchev–Trinajstić information content (AvgIpc) is 2.69. The highest BCUT2D eigenvalue weighted by Crippen LogP contribution is 2.14. The number of aromatic nitrogens is 2. The normalized spacial score (nSPS) is 9.80. The molecular formula is C10H8N4O. The fourth-order valence-corrected chi connectivity index (χ4v) is 1.36. The molecule has 2 aromatic heterocycles. The molecule has 0 atom stereocenters. The molecule has 0 aromatic carbocycles. The summed E-state index contributed by atoms with van der Waals surface area (Å²) >= 11 is 0. The van der Waals surface area contributed by atoms with Crippen molar-refractivity contribution >= 4 is 16.9 Å². The topological polar surface area (TPSA) is 81.6 Å². The van der Waals surface area contributed by atoms with Crippen molar-refractivity contribution in [3.8, 4) is 6.07 Å². The second kappa shape index (κ2) is 3.80. The van der Waals surface area contributed by atoms with Crippen LogP contribution in [0.25, 0.3) is 11.0 Å². The van der Waals surface area contributed by atoms with Gasteiger partial charge in [-0.3, -0.25) is 4.79 Å². The highest BCUT2D eigenvalue weighted by Gasteiger charge is 2.10. The third-order valence-corrected chi connectivity index (χ3v) is 2.02. The fraction of sp³-hybridized carbons (Fsp3) is 0.100. The van der Waals surface area contributed by atoms with Gasteiger partial charge in [0.1, 0.15) is 12.2 Å². The van der Waals surface area contributed by atoms with Crippen LogP contribution in [0.15, 0.2) is 24.5 Å². The lowest BCUT2D eigenvalue weighted by Gasteiger charge is -1.97. The number of pyridine rings is 1. The maximum Gasteiger partial charge on any atom is 0.254 e. The van der Waals surface area contributed by atoms with E-state index in [9.17, 15) is 4.79 Å².